The number of nitrogens with one attached hydrogen (secondary N) is 1. The van der Waals surface area contributed by atoms with E-state index in [-0.39, 0.29) is 11.4 Å². The number of hydrogen-bond donors (Lipinski definition) is 1. The van der Waals surface area contributed by atoms with Crippen LogP contribution in [0.2, 0.25) is 0 Å². The van der Waals surface area contributed by atoms with E-state index in [2.05, 4.69) is 5.32 Å². The molecule has 9 heteroatoms. The van der Waals surface area contributed by atoms with Crippen molar-refractivity contribution in [3.63, 3.8) is 0 Å². The Morgan fingerprint density at radius 3 is 2.07 bits per heavy atom. The van der Waals surface area contributed by atoms with E-state index in [1.54, 1.807) is 50.2 Å². The molecule has 1 atom stereocenters. The van der Waals surface area contributed by atoms with Crippen molar-refractivity contribution in [1.82, 2.24) is 5.32 Å². The number of aryl methyl sites for hydroxylation is 1. The molecule has 0 bridgehead atoms. The number of hydrogen-bond acceptors (Lipinski definition) is 5. The maximum Gasteiger partial charge on any atom is 0.241 e. The first kappa shape index (κ1) is 21.9. The molecule has 28 heavy (non-hydrogen) atoms. The van der Waals surface area contributed by atoms with E-state index in [0.717, 1.165) is 22.4 Å². The summed E-state index contributed by atoms with van der Waals surface area (Å²) in [5.41, 5.74) is 1.90. The van der Waals surface area contributed by atoms with Crippen molar-refractivity contribution in [3.05, 3.63) is 59.7 Å². The van der Waals surface area contributed by atoms with Gasteiger partial charge >= 0.3 is 0 Å². The first-order valence-corrected chi connectivity index (χ1v) is 12.3. The molecule has 0 saturated heterocycles. The fourth-order valence-electron chi connectivity index (χ4n) is 2.73. The van der Waals surface area contributed by atoms with Gasteiger partial charge in [-0.2, -0.15) is 0 Å². The Morgan fingerprint density at radius 1 is 1.00 bits per heavy atom. The number of rotatable bonds is 7. The molecule has 0 aromatic heterocycles. The van der Waals surface area contributed by atoms with Crippen molar-refractivity contribution in [2.45, 2.75) is 24.8 Å². The summed E-state index contributed by atoms with van der Waals surface area (Å²) in [6.07, 6.45) is 2.18. The molecule has 1 amide bonds. The van der Waals surface area contributed by atoms with Gasteiger partial charge in [0.1, 0.15) is 6.54 Å². The van der Waals surface area contributed by atoms with Crippen LogP contribution in [-0.2, 0) is 24.7 Å². The van der Waals surface area contributed by atoms with Gasteiger partial charge in [0.15, 0.2) is 9.84 Å². The Labute approximate surface area is 166 Å². The molecule has 2 aromatic rings. The number of benzene rings is 2. The van der Waals surface area contributed by atoms with Crippen LogP contribution in [0.15, 0.2) is 53.4 Å². The third-order valence-corrected chi connectivity index (χ3v) is 6.51. The van der Waals surface area contributed by atoms with Gasteiger partial charge in [-0.3, -0.25) is 9.10 Å². The number of sulfone groups is 1. The zero-order valence-electron chi connectivity index (χ0n) is 16.2. The molecule has 0 aliphatic rings. The zero-order valence-corrected chi connectivity index (χ0v) is 17.8. The number of amides is 1. The van der Waals surface area contributed by atoms with Gasteiger partial charge in [-0.25, -0.2) is 16.8 Å². The molecule has 1 N–H and O–H groups in total. The van der Waals surface area contributed by atoms with E-state index in [1.807, 2.05) is 0 Å². The smallest absolute Gasteiger partial charge is 0.241 e. The molecule has 0 heterocycles. The highest BCUT2D eigenvalue weighted by Crippen LogP contribution is 2.22. The highest BCUT2D eigenvalue weighted by atomic mass is 32.2. The second-order valence-electron chi connectivity index (χ2n) is 6.69. The predicted molar refractivity (Wildman–Crippen MR) is 109 cm³/mol. The zero-order chi connectivity index (χ0) is 21.1. The van der Waals surface area contributed by atoms with E-state index in [9.17, 15) is 21.6 Å². The maximum atomic E-state index is 12.5. The first-order chi connectivity index (χ1) is 12.9. The van der Waals surface area contributed by atoms with Crippen LogP contribution in [0.1, 0.15) is 24.1 Å². The van der Waals surface area contributed by atoms with Crippen molar-refractivity contribution >= 4 is 31.5 Å². The third kappa shape index (κ3) is 5.56. The van der Waals surface area contributed by atoms with Crippen molar-refractivity contribution in [2.75, 3.05) is 23.4 Å². The molecule has 0 fully saturated rings. The number of carbonyl (C=O) groups is 1. The largest absolute Gasteiger partial charge is 0.348 e. The van der Waals surface area contributed by atoms with Crippen molar-refractivity contribution in [1.29, 1.82) is 0 Å². The van der Waals surface area contributed by atoms with Gasteiger partial charge in [0.05, 0.1) is 22.9 Å². The van der Waals surface area contributed by atoms with Gasteiger partial charge < -0.3 is 5.32 Å². The van der Waals surface area contributed by atoms with Gasteiger partial charge in [-0.15, -0.1) is 0 Å². The molecule has 0 radical (unpaired) electrons. The Hall–Kier alpha value is -2.39. The molecule has 0 aliphatic heterocycles. The molecule has 2 aromatic carbocycles. The summed E-state index contributed by atoms with van der Waals surface area (Å²) in [6, 6.07) is 12.7. The van der Waals surface area contributed by atoms with Crippen LogP contribution >= 0.6 is 0 Å². The Balaban J connectivity index is 2.15. The van der Waals surface area contributed by atoms with Crippen LogP contribution in [0.25, 0.3) is 0 Å². The molecular weight excluding hydrogens is 400 g/mol. The summed E-state index contributed by atoms with van der Waals surface area (Å²) in [4.78, 5) is 12.7. The fraction of sp³-hybridized carbons (Fsp3) is 0.316. The molecule has 0 aliphatic carbocycles. The molecule has 2 rings (SSSR count). The van der Waals surface area contributed by atoms with E-state index in [0.29, 0.717) is 11.3 Å². The lowest BCUT2D eigenvalue weighted by molar-refractivity contribution is -0.120. The van der Waals surface area contributed by atoms with Gasteiger partial charge in [-0.1, -0.05) is 30.3 Å². The lowest BCUT2D eigenvalue weighted by Gasteiger charge is -2.24. The van der Waals surface area contributed by atoms with Crippen LogP contribution in [0.5, 0.6) is 0 Å². The molecular formula is C19H24N2O5S2. The molecule has 1 unspecified atom stereocenters. The lowest BCUT2D eigenvalue weighted by Crippen LogP contribution is -2.41. The van der Waals surface area contributed by atoms with Crippen LogP contribution in [-0.4, -0.2) is 41.8 Å². The summed E-state index contributed by atoms with van der Waals surface area (Å²) in [5.74, 6) is -0.464. The topological polar surface area (TPSA) is 101 Å². The lowest BCUT2D eigenvalue weighted by atomic mass is 10.1. The minimum atomic E-state index is -3.65. The Bertz CT molecular complexity index is 1060. The number of para-hydroxylation sites is 1. The standard InChI is InChI=1S/C19H24N2O5S2/c1-14-7-5-6-8-18(14)21(28(4,25)26)13-19(22)20-15(2)16-9-11-17(12-10-16)27(3,23)24/h5-12,15H,13H2,1-4H3,(H,20,22). The van der Waals surface area contributed by atoms with Crippen molar-refractivity contribution in [3.8, 4) is 0 Å². The van der Waals surface area contributed by atoms with Gasteiger partial charge in [0.2, 0.25) is 15.9 Å². The van der Waals surface area contributed by atoms with Crippen LogP contribution < -0.4 is 9.62 Å². The Kier molecular flexibility index (Phi) is 6.51. The van der Waals surface area contributed by atoms with Gasteiger partial charge in [0.25, 0.3) is 0 Å². The van der Waals surface area contributed by atoms with E-state index >= 15 is 0 Å². The number of nitrogens with zero attached hydrogens (tertiary/aromatic N) is 1. The number of carbonyl (C=O) groups excluding carboxylic acids is 1. The summed E-state index contributed by atoms with van der Waals surface area (Å²) in [5, 5.41) is 2.75. The van der Waals surface area contributed by atoms with Crippen LogP contribution in [0, 0.1) is 6.92 Å². The number of anilines is 1. The van der Waals surface area contributed by atoms with E-state index in [4.69, 9.17) is 0 Å². The average Bonchev–Trinajstić information content (AvgIpc) is 2.59. The highest BCUT2D eigenvalue weighted by Gasteiger charge is 2.23. The fourth-order valence-corrected chi connectivity index (χ4v) is 4.27. The number of sulfonamides is 1. The molecule has 0 spiro atoms. The van der Waals surface area contributed by atoms with Crippen molar-refractivity contribution in [2.24, 2.45) is 0 Å². The second kappa shape index (κ2) is 8.32. The molecule has 0 saturated carbocycles. The minimum absolute atomic E-state index is 0.192. The van der Waals surface area contributed by atoms with Crippen molar-refractivity contribution < 1.29 is 21.6 Å². The SMILES string of the molecule is Cc1ccccc1N(CC(=O)NC(C)c1ccc(S(C)(=O)=O)cc1)S(C)(=O)=O. The highest BCUT2D eigenvalue weighted by molar-refractivity contribution is 7.92. The molecule has 7 nitrogen and oxygen atoms in total. The summed E-state index contributed by atoms with van der Waals surface area (Å²) in [7, 11) is -6.95. The maximum absolute atomic E-state index is 12.5. The Morgan fingerprint density at radius 2 is 1.57 bits per heavy atom. The minimum Gasteiger partial charge on any atom is -0.348 e. The van der Waals surface area contributed by atoms with Crippen LogP contribution in [0.4, 0.5) is 5.69 Å². The third-order valence-electron chi connectivity index (χ3n) is 4.26. The van der Waals surface area contributed by atoms with Crippen LogP contribution in [0.3, 0.4) is 0 Å². The quantitative estimate of drug-likeness (QED) is 0.733. The summed E-state index contributed by atoms with van der Waals surface area (Å²) >= 11 is 0. The normalized spacial score (nSPS) is 13.0. The molecule has 152 valence electrons. The van der Waals surface area contributed by atoms with Gasteiger partial charge in [-0.05, 0) is 43.2 Å². The van der Waals surface area contributed by atoms with E-state index < -0.39 is 31.8 Å². The first-order valence-electron chi connectivity index (χ1n) is 8.52. The summed E-state index contributed by atoms with van der Waals surface area (Å²) in [6.45, 7) is 3.17. The van der Waals surface area contributed by atoms with E-state index in [1.165, 1.54) is 12.1 Å². The predicted octanol–water partition coefficient (Wildman–Crippen LogP) is 2.04. The second-order valence-corrected chi connectivity index (χ2v) is 10.6. The monoisotopic (exact) mass is 424 g/mol. The average molecular weight is 425 g/mol. The summed E-state index contributed by atoms with van der Waals surface area (Å²) < 4.78 is 48.5. The van der Waals surface area contributed by atoms with Gasteiger partial charge in [0, 0.05) is 6.26 Å².